The van der Waals surface area contributed by atoms with Gasteiger partial charge in [0.25, 0.3) is 0 Å². The van der Waals surface area contributed by atoms with Crippen molar-refractivity contribution in [3.63, 3.8) is 0 Å². The Morgan fingerprint density at radius 1 is 1.18 bits per heavy atom. The normalized spacial score (nSPS) is 8.36. The Labute approximate surface area is 71.4 Å². The van der Waals surface area contributed by atoms with Crippen LogP contribution in [0.4, 0.5) is 0 Å². The van der Waals surface area contributed by atoms with Gasteiger partial charge in [-0.1, -0.05) is 40.5 Å². The number of unbranched alkanes of at least 4 members (excludes halogenated alkanes) is 2. The van der Waals surface area contributed by atoms with E-state index in [0.717, 1.165) is 18.8 Å². The van der Waals surface area contributed by atoms with E-state index in [4.69, 9.17) is 5.26 Å². The molecule has 0 fully saturated rings. The first-order valence-corrected chi connectivity index (χ1v) is 4.64. The summed E-state index contributed by atoms with van der Waals surface area (Å²) in [6.45, 7) is 8.43. The lowest BCUT2D eigenvalue weighted by Gasteiger charge is -2.00. The van der Waals surface area contributed by atoms with Crippen molar-refractivity contribution in [3.05, 3.63) is 0 Å². The third kappa shape index (κ3) is 17.7. The maximum Gasteiger partial charge on any atom is 0.0621 e. The maximum absolute atomic E-state index is 8.18. The molecular formula is C10H21N. The first-order chi connectivity index (χ1) is 5.27. The van der Waals surface area contributed by atoms with Crippen LogP contribution in [0.1, 0.15) is 53.4 Å². The summed E-state index contributed by atoms with van der Waals surface area (Å²) in [7, 11) is 0. The molecule has 1 nitrogen and oxygen atoms in total. The standard InChI is InChI=1S/C8H15N.C2H6/c1-8(2)6-4-3-5-7-9;1-2/h8H,3-6H2,1-2H3;1-2H3. The van der Waals surface area contributed by atoms with E-state index in [9.17, 15) is 0 Å². The third-order valence-electron chi connectivity index (χ3n) is 1.32. The molecule has 0 aliphatic carbocycles. The van der Waals surface area contributed by atoms with Gasteiger partial charge in [0.2, 0.25) is 0 Å². The zero-order chi connectivity index (χ0) is 9.11. The molecule has 66 valence electrons. The first kappa shape index (κ1) is 13.1. The van der Waals surface area contributed by atoms with Gasteiger partial charge in [-0.3, -0.25) is 0 Å². The Kier molecular flexibility index (Phi) is 14.5. The van der Waals surface area contributed by atoms with Gasteiger partial charge in [0, 0.05) is 6.42 Å². The van der Waals surface area contributed by atoms with E-state index in [1.807, 2.05) is 13.8 Å². The minimum absolute atomic E-state index is 0.729. The van der Waals surface area contributed by atoms with Crippen LogP contribution in [0.2, 0.25) is 0 Å². The van der Waals surface area contributed by atoms with Crippen molar-refractivity contribution in [1.29, 1.82) is 5.26 Å². The van der Waals surface area contributed by atoms with Gasteiger partial charge in [-0.05, 0) is 12.3 Å². The van der Waals surface area contributed by atoms with E-state index in [1.165, 1.54) is 12.8 Å². The van der Waals surface area contributed by atoms with Crippen LogP contribution in [0.5, 0.6) is 0 Å². The highest BCUT2D eigenvalue weighted by Crippen LogP contribution is 2.06. The molecule has 0 amide bonds. The van der Waals surface area contributed by atoms with E-state index < -0.39 is 0 Å². The van der Waals surface area contributed by atoms with E-state index in [2.05, 4.69) is 19.9 Å². The van der Waals surface area contributed by atoms with Gasteiger partial charge in [-0.25, -0.2) is 0 Å². The Hall–Kier alpha value is -0.510. The predicted octanol–water partition coefficient (Wildman–Crippen LogP) is 3.75. The number of nitrogens with zero attached hydrogens (tertiary/aromatic N) is 1. The number of rotatable bonds is 4. The summed E-state index contributed by atoms with van der Waals surface area (Å²) in [4.78, 5) is 0. The molecule has 0 saturated carbocycles. The zero-order valence-electron chi connectivity index (χ0n) is 8.35. The summed E-state index contributed by atoms with van der Waals surface area (Å²) in [6.07, 6.45) is 4.29. The third-order valence-corrected chi connectivity index (χ3v) is 1.32. The van der Waals surface area contributed by atoms with Crippen LogP contribution in [-0.4, -0.2) is 0 Å². The van der Waals surface area contributed by atoms with Crippen molar-refractivity contribution < 1.29 is 0 Å². The van der Waals surface area contributed by atoms with Gasteiger partial charge in [0.1, 0.15) is 0 Å². The lowest BCUT2D eigenvalue weighted by molar-refractivity contribution is 0.541. The van der Waals surface area contributed by atoms with Crippen LogP contribution >= 0.6 is 0 Å². The van der Waals surface area contributed by atoms with Gasteiger partial charge < -0.3 is 0 Å². The van der Waals surface area contributed by atoms with Crippen LogP contribution in [0.25, 0.3) is 0 Å². The van der Waals surface area contributed by atoms with Gasteiger partial charge in [0.15, 0.2) is 0 Å². The molecular weight excluding hydrogens is 134 g/mol. The highest BCUT2D eigenvalue weighted by Gasteiger charge is 1.91. The summed E-state index contributed by atoms with van der Waals surface area (Å²) in [5, 5.41) is 8.18. The molecule has 0 heterocycles. The number of hydrogen-bond acceptors (Lipinski definition) is 1. The second-order valence-corrected chi connectivity index (χ2v) is 2.80. The predicted molar refractivity (Wildman–Crippen MR) is 50.3 cm³/mol. The molecule has 0 spiro atoms. The molecule has 0 saturated heterocycles. The van der Waals surface area contributed by atoms with Crippen LogP contribution in [-0.2, 0) is 0 Å². The molecule has 0 rings (SSSR count). The van der Waals surface area contributed by atoms with E-state index >= 15 is 0 Å². The summed E-state index contributed by atoms with van der Waals surface area (Å²) < 4.78 is 0. The largest absolute Gasteiger partial charge is 0.198 e. The van der Waals surface area contributed by atoms with Crippen molar-refractivity contribution >= 4 is 0 Å². The number of hydrogen-bond donors (Lipinski definition) is 0. The molecule has 0 N–H and O–H groups in total. The quantitative estimate of drug-likeness (QED) is 0.567. The van der Waals surface area contributed by atoms with Crippen molar-refractivity contribution in [2.45, 2.75) is 53.4 Å². The Bertz CT molecular complexity index is 89.5. The molecule has 1 heteroatoms. The second kappa shape index (κ2) is 12.2. The molecule has 0 unspecified atom stereocenters. The highest BCUT2D eigenvalue weighted by molar-refractivity contribution is 4.67. The fourth-order valence-electron chi connectivity index (χ4n) is 0.757. The maximum atomic E-state index is 8.18. The van der Waals surface area contributed by atoms with Gasteiger partial charge in [0.05, 0.1) is 6.07 Å². The Morgan fingerprint density at radius 2 is 1.73 bits per heavy atom. The van der Waals surface area contributed by atoms with Crippen LogP contribution in [0.15, 0.2) is 0 Å². The SMILES string of the molecule is CC.CC(C)CCCCC#N. The molecule has 0 atom stereocenters. The fourth-order valence-corrected chi connectivity index (χ4v) is 0.757. The van der Waals surface area contributed by atoms with Gasteiger partial charge in [-0.15, -0.1) is 0 Å². The minimum Gasteiger partial charge on any atom is -0.198 e. The summed E-state index contributed by atoms with van der Waals surface area (Å²) in [5.74, 6) is 0.795. The molecule has 0 aliphatic heterocycles. The van der Waals surface area contributed by atoms with Gasteiger partial charge in [-0.2, -0.15) is 5.26 Å². The average molecular weight is 155 g/mol. The molecule has 0 radical (unpaired) electrons. The van der Waals surface area contributed by atoms with Gasteiger partial charge >= 0.3 is 0 Å². The second-order valence-electron chi connectivity index (χ2n) is 2.80. The minimum atomic E-state index is 0.729. The average Bonchev–Trinajstić information content (AvgIpc) is 2.02. The monoisotopic (exact) mass is 155 g/mol. The van der Waals surface area contributed by atoms with Crippen molar-refractivity contribution in [3.8, 4) is 6.07 Å². The number of nitriles is 1. The molecule has 0 aromatic rings. The molecule has 11 heavy (non-hydrogen) atoms. The smallest absolute Gasteiger partial charge is 0.0621 e. The Morgan fingerprint density at radius 3 is 2.09 bits per heavy atom. The molecule has 0 aromatic carbocycles. The van der Waals surface area contributed by atoms with Crippen molar-refractivity contribution in [2.75, 3.05) is 0 Å². The topological polar surface area (TPSA) is 23.8 Å². The van der Waals surface area contributed by atoms with E-state index in [1.54, 1.807) is 0 Å². The lowest BCUT2D eigenvalue weighted by atomic mass is 10.1. The highest BCUT2D eigenvalue weighted by atomic mass is 14.2. The molecule has 0 aliphatic rings. The fraction of sp³-hybridized carbons (Fsp3) is 0.900. The van der Waals surface area contributed by atoms with Crippen LogP contribution in [0.3, 0.4) is 0 Å². The van der Waals surface area contributed by atoms with Crippen molar-refractivity contribution in [2.24, 2.45) is 5.92 Å². The van der Waals surface area contributed by atoms with E-state index in [0.29, 0.717) is 0 Å². The van der Waals surface area contributed by atoms with Crippen LogP contribution < -0.4 is 0 Å². The first-order valence-electron chi connectivity index (χ1n) is 4.64. The lowest BCUT2D eigenvalue weighted by Crippen LogP contribution is -1.85. The summed E-state index contributed by atoms with van der Waals surface area (Å²) in [5.41, 5.74) is 0. The molecule has 0 aromatic heterocycles. The Balaban J connectivity index is 0. The van der Waals surface area contributed by atoms with Crippen LogP contribution in [0, 0.1) is 17.2 Å². The zero-order valence-corrected chi connectivity index (χ0v) is 8.35. The van der Waals surface area contributed by atoms with E-state index in [-0.39, 0.29) is 0 Å². The summed E-state index contributed by atoms with van der Waals surface area (Å²) in [6, 6.07) is 2.14. The molecule has 0 bridgehead atoms. The summed E-state index contributed by atoms with van der Waals surface area (Å²) >= 11 is 0. The van der Waals surface area contributed by atoms with Crippen molar-refractivity contribution in [1.82, 2.24) is 0 Å².